The Kier molecular flexibility index (Phi) is 4.63. The van der Waals surface area contributed by atoms with E-state index in [0.29, 0.717) is 10.7 Å². The molecule has 3 rings (SSSR count). The number of ether oxygens (including phenoxy) is 1. The van der Waals surface area contributed by atoms with Crippen LogP contribution >= 0.6 is 39.0 Å². The molecule has 2 aromatic rings. The third-order valence-electron chi connectivity index (χ3n) is 3.25. The number of aromatic nitrogens is 2. The minimum absolute atomic E-state index is 0.308. The van der Waals surface area contributed by atoms with Gasteiger partial charge in [-0.1, -0.05) is 15.9 Å². The van der Waals surface area contributed by atoms with Crippen molar-refractivity contribution in [3.63, 3.8) is 0 Å². The van der Waals surface area contributed by atoms with E-state index in [4.69, 9.17) is 4.74 Å². The Labute approximate surface area is 135 Å². The summed E-state index contributed by atoms with van der Waals surface area (Å²) in [5.74, 6) is 3.03. The van der Waals surface area contributed by atoms with E-state index in [1.54, 1.807) is 18.3 Å². The van der Waals surface area contributed by atoms with Crippen LogP contribution in [-0.2, 0) is 18.6 Å². The first-order valence-corrected chi connectivity index (χ1v) is 9.33. The van der Waals surface area contributed by atoms with Crippen molar-refractivity contribution in [2.45, 2.75) is 23.4 Å². The molecule has 1 unspecified atom stereocenters. The maximum absolute atomic E-state index is 5.14. The van der Waals surface area contributed by atoms with Crippen molar-refractivity contribution < 1.29 is 4.74 Å². The van der Waals surface area contributed by atoms with Crippen molar-refractivity contribution in [1.29, 1.82) is 0 Å². The zero-order chi connectivity index (χ0) is 13.9. The first kappa shape index (κ1) is 14.4. The summed E-state index contributed by atoms with van der Waals surface area (Å²) in [6.45, 7) is 0. The summed E-state index contributed by atoms with van der Waals surface area (Å²) in [6, 6.07) is 4.25. The van der Waals surface area contributed by atoms with E-state index in [-0.39, 0.29) is 0 Å². The lowest BCUT2D eigenvalue weighted by Gasteiger charge is -2.08. The van der Waals surface area contributed by atoms with Crippen molar-refractivity contribution in [3.8, 4) is 5.88 Å². The molecule has 0 aromatic carbocycles. The number of halogens is 1. The first-order chi connectivity index (χ1) is 9.76. The molecule has 1 aliphatic rings. The van der Waals surface area contributed by atoms with Crippen molar-refractivity contribution in [3.05, 3.63) is 39.5 Å². The normalized spacial score (nSPS) is 15.7. The van der Waals surface area contributed by atoms with Gasteiger partial charge in [-0.2, -0.15) is 11.8 Å². The lowest BCUT2D eigenvalue weighted by atomic mass is 10.1. The van der Waals surface area contributed by atoms with E-state index in [1.165, 1.54) is 22.6 Å². The van der Waals surface area contributed by atoms with Crippen LogP contribution in [0.15, 0.2) is 18.5 Å². The van der Waals surface area contributed by atoms with Gasteiger partial charge in [-0.05, 0) is 23.8 Å². The summed E-state index contributed by atoms with van der Waals surface area (Å²) in [5.41, 5.74) is 2.52. The van der Waals surface area contributed by atoms with Gasteiger partial charge in [-0.15, -0.1) is 11.3 Å². The van der Waals surface area contributed by atoms with Crippen LogP contribution in [0.3, 0.4) is 0 Å². The monoisotopic (exact) mass is 370 g/mol. The predicted octanol–water partition coefficient (Wildman–Crippen LogP) is 4.01. The number of rotatable bonds is 4. The fourth-order valence-corrected chi connectivity index (χ4v) is 5.31. The molecule has 106 valence electrons. The highest BCUT2D eigenvalue weighted by atomic mass is 79.9. The topological polar surface area (TPSA) is 35.0 Å². The molecule has 0 saturated heterocycles. The smallest absolute Gasteiger partial charge is 0.216 e. The number of alkyl halides is 1. The quantitative estimate of drug-likeness (QED) is 0.761. The minimum Gasteiger partial charge on any atom is -0.481 e. The zero-order valence-electron chi connectivity index (χ0n) is 11.1. The fourth-order valence-electron chi connectivity index (χ4n) is 2.21. The Morgan fingerprint density at radius 2 is 2.30 bits per heavy atom. The fraction of sp³-hybridized carbons (Fsp3) is 0.429. The van der Waals surface area contributed by atoms with Gasteiger partial charge in [0.05, 0.1) is 11.9 Å². The predicted molar refractivity (Wildman–Crippen MR) is 88.1 cm³/mol. The molecule has 6 heteroatoms. The van der Waals surface area contributed by atoms with Gasteiger partial charge in [0.2, 0.25) is 5.88 Å². The summed E-state index contributed by atoms with van der Waals surface area (Å²) in [5, 5.41) is 0. The highest BCUT2D eigenvalue weighted by molar-refractivity contribution is 9.09. The van der Waals surface area contributed by atoms with E-state index in [9.17, 15) is 0 Å². The number of fused-ring (bicyclic) bond motifs is 1. The van der Waals surface area contributed by atoms with Crippen molar-refractivity contribution in [1.82, 2.24) is 9.97 Å². The van der Waals surface area contributed by atoms with Crippen LogP contribution in [0.5, 0.6) is 5.88 Å². The van der Waals surface area contributed by atoms with Crippen molar-refractivity contribution >= 4 is 39.0 Å². The second-order valence-electron chi connectivity index (χ2n) is 4.62. The SMILES string of the molecule is COc1cc(CC(Br)c2cc3c(s2)CCSC3)ncn1. The molecule has 1 aliphatic heterocycles. The summed E-state index contributed by atoms with van der Waals surface area (Å²) >= 11 is 7.76. The summed E-state index contributed by atoms with van der Waals surface area (Å²) in [4.78, 5) is 11.6. The van der Waals surface area contributed by atoms with Crippen LogP contribution in [-0.4, -0.2) is 22.8 Å². The lowest BCUT2D eigenvalue weighted by molar-refractivity contribution is 0.396. The van der Waals surface area contributed by atoms with Gasteiger partial charge < -0.3 is 4.74 Å². The molecule has 2 aromatic heterocycles. The van der Waals surface area contributed by atoms with E-state index >= 15 is 0 Å². The van der Waals surface area contributed by atoms with E-state index < -0.39 is 0 Å². The van der Waals surface area contributed by atoms with E-state index in [0.717, 1.165) is 17.9 Å². The molecule has 20 heavy (non-hydrogen) atoms. The Balaban J connectivity index is 1.75. The number of thiophene rings is 1. The van der Waals surface area contributed by atoms with Crippen molar-refractivity contribution in [2.24, 2.45) is 0 Å². The molecular formula is C14H15BrN2OS2. The molecular weight excluding hydrogens is 356 g/mol. The molecule has 0 N–H and O–H groups in total. The third kappa shape index (κ3) is 3.18. The van der Waals surface area contributed by atoms with E-state index in [1.807, 2.05) is 29.2 Å². The molecule has 3 nitrogen and oxygen atoms in total. The largest absolute Gasteiger partial charge is 0.481 e. The lowest BCUT2D eigenvalue weighted by Crippen LogP contribution is -1.98. The Morgan fingerprint density at radius 1 is 1.40 bits per heavy atom. The number of hydrogen-bond donors (Lipinski definition) is 0. The molecule has 0 radical (unpaired) electrons. The van der Waals surface area contributed by atoms with Gasteiger partial charge in [0.25, 0.3) is 0 Å². The Morgan fingerprint density at radius 3 is 3.10 bits per heavy atom. The third-order valence-corrected chi connectivity index (χ3v) is 6.73. The molecule has 0 saturated carbocycles. The minimum atomic E-state index is 0.308. The van der Waals surface area contributed by atoms with Gasteiger partial charge in [0, 0.05) is 33.7 Å². The van der Waals surface area contributed by atoms with Crippen molar-refractivity contribution in [2.75, 3.05) is 12.9 Å². The highest BCUT2D eigenvalue weighted by Gasteiger charge is 2.18. The highest BCUT2D eigenvalue weighted by Crippen LogP contribution is 2.38. The molecule has 0 fully saturated rings. The van der Waals surface area contributed by atoms with Gasteiger partial charge in [0.1, 0.15) is 6.33 Å². The number of thioether (sulfide) groups is 1. The molecule has 1 atom stereocenters. The van der Waals surface area contributed by atoms with Gasteiger partial charge in [-0.25, -0.2) is 9.97 Å². The maximum atomic E-state index is 5.14. The molecule has 0 spiro atoms. The molecule has 0 bridgehead atoms. The number of aryl methyl sites for hydroxylation is 1. The summed E-state index contributed by atoms with van der Waals surface area (Å²) < 4.78 is 5.14. The van der Waals surface area contributed by atoms with Crippen LogP contribution in [0.4, 0.5) is 0 Å². The van der Waals surface area contributed by atoms with Gasteiger partial charge in [-0.3, -0.25) is 0 Å². The molecule has 3 heterocycles. The Hall–Kier alpha value is -0.590. The summed E-state index contributed by atoms with van der Waals surface area (Å²) in [6.07, 6.45) is 3.63. The number of nitrogens with zero attached hydrogens (tertiary/aromatic N) is 2. The van der Waals surface area contributed by atoms with Gasteiger partial charge >= 0.3 is 0 Å². The average molecular weight is 371 g/mol. The second kappa shape index (κ2) is 6.45. The van der Waals surface area contributed by atoms with Crippen LogP contribution in [0.1, 0.15) is 25.8 Å². The van der Waals surface area contributed by atoms with Crippen LogP contribution in [0.2, 0.25) is 0 Å². The summed E-state index contributed by atoms with van der Waals surface area (Å²) in [7, 11) is 1.63. The van der Waals surface area contributed by atoms with E-state index in [2.05, 4.69) is 32.0 Å². The average Bonchev–Trinajstić information content (AvgIpc) is 2.91. The maximum Gasteiger partial charge on any atom is 0.216 e. The standard InChI is InChI=1S/C14H15BrN2OS2/c1-18-14-6-10(16-8-17-14)5-11(15)13-4-9-7-19-3-2-12(9)20-13/h4,6,8,11H,2-3,5,7H2,1H3. The number of methoxy groups -OCH3 is 1. The molecule has 0 aliphatic carbocycles. The second-order valence-corrected chi connectivity index (χ2v) is 8.00. The van der Waals surface area contributed by atoms with Gasteiger partial charge in [0.15, 0.2) is 0 Å². The van der Waals surface area contributed by atoms with Crippen LogP contribution in [0.25, 0.3) is 0 Å². The van der Waals surface area contributed by atoms with Crippen LogP contribution in [0, 0.1) is 0 Å². The Bertz CT molecular complexity index is 579. The molecule has 0 amide bonds. The first-order valence-electron chi connectivity index (χ1n) is 6.44. The van der Waals surface area contributed by atoms with Crippen LogP contribution < -0.4 is 4.74 Å². The zero-order valence-corrected chi connectivity index (χ0v) is 14.4. The number of hydrogen-bond acceptors (Lipinski definition) is 5.